The maximum Gasteiger partial charge on any atom is 0.232 e. The molecule has 4 nitrogen and oxygen atoms in total. The maximum absolute atomic E-state index is 11.6. The summed E-state index contributed by atoms with van der Waals surface area (Å²) in [5, 5.41) is 2.82. The molecule has 0 rings (SSSR count). The fourth-order valence-corrected chi connectivity index (χ4v) is 1.90. The zero-order valence-corrected chi connectivity index (χ0v) is 11.5. The standard InChI is InChI=1S/C11H24N2O2S/c1-9(16-8-11(2,3)12)10(14)13-6-5-7-15-4/h9H,5-8,12H2,1-4H3,(H,13,14). The number of carbonyl (C=O) groups is 1. The van der Waals surface area contributed by atoms with Crippen molar-refractivity contribution in [2.45, 2.75) is 38.0 Å². The van der Waals surface area contributed by atoms with E-state index in [-0.39, 0.29) is 16.7 Å². The van der Waals surface area contributed by atoms with Gasteiger partial charge in [0.1, 0.15) is 0 Å². The molecule has 0 aromatic carbocycles. The second-order valence-electron chi connectivity index (χ2n) is 4.58. The molecule has 3 N–H and O–H groups in total. The lowest BCUT2D eigenvalue weighted by atomic mass is 10.1. The van der Waals surface area contributed by atoms with Crippen molar-refractivity contribution in [3.05, 3.63) is 0 Å². The first kappa shape index (κ1) is 15.7. The Morgan fingerprint density at radius 3 is 2.69 bits per heavy atom. The third-order valence-electron chi connectivity index (χ3n) is 1.90. The molecule has 5 heteroatoms. The molecule has 0 aromatic rings. The van der Waals surface area contributed by atoms with E-state index in [1.54, 1.807) is 18.9 Å². The number of hydrogen-bond acceptors (Lipinski definition) is 4. The molecule has 0 aromatic heterocycles. The van der Waals surface area contributed by atoms with E-state index in [4.69, 9.17) is 10.5 Å². The summed E-state index contributed by atoms with van der Waals surface area (Å²) in [7, 11) is 1.66. The van der Waals surface area contributed by atoms with Crippen LogP contribution in [0.4, 0.5) is 0 Å². The van der Waals surface area contributed by atoms with Crippen LogP contribution in [0.25, 0.3) is 0 Å². The Bertz CT molecular complexity index is 205. The van der Waals surface area contributed by atoms with Gasteiger partial charge in [-0.15, -0.1) is 11.8 Å². The van der Waals surface area contributed by atoms with Gasteiger partial charge in [0.15, 0.2) is 0 Å². The maximum atomic E-state index is 11.6. The highest BCUT2D eigenvalue weighted by Gasteiger charge is 2.17. The molecule has 1 amide bonds. The van der Waals surface area contributed by atoms with Gasteiger partial charge >= 0.3 is 0 Å². The lowest BCUT2D eigenvalue weighted by Gasteiger charge is -2.20. The van der Waals surface area contributed by atoms with E-state index in [0.29, 0.717) is 13.2 Å². The molecule has 16 heavy (non-hydrogen) atoms. The molecule has 1 atom stereocenters. The molecule has 0 saturated heterocycles. The molecule has 96 valence electrons. The Morgan fingerprint density at radius 1 is 1.56 bits per heavy atom. The van der Waals surface area contributed by atoms with Gasteiger partial charge in [-0.2, -0.15) is 0 Å². The fraction of sp³-hybridized carbons (Fsp3) is 0.909. The first-order valence-corrected chi connectivity index (χ1v) is 6.59. The van der Waals surface area contributed by atoms with Crippen LogP contribution >= 0.6 is 11.8 Å². The Morgan fingerprint density at radius 2 is 2.19 bits per heavy atom. The first-order chi connectivity index (χ1) is 7.37. The molecule has 0 fully saturated rings. The van der Waals surface area contributed by atoms with Crippen molar-refractivity contribution < 1.29 is 9.53 Å². The predicted octanol–water partition coefficient (Wildman–Crippen LogP) is 0.998. The quantitative estimate of drug-likeness (QED) is 0.629. The van der Waals surface area contributed by atoms with Crippen molar-refractivity contribution >= 4 is 17.7 Å². The summed E-state index contributed by atoms with van der Waals surface area (Å²) in [6.07, 6.45) is 0.849. The molecule has 0 aliphatic rings. The van der Waals surface area contributed by atoms with Gasteiger partial charge in [-0.05, 0) is 27.2 Å². The number of ether oxygens (including phenoxy) is 1. The van der Waals surface area contributed by atoms with E-state index in [0.717, 1.165) is 12.2 Å². The van der Waals surface area contributed by atoms with Crippen LogP contribution in [-0.4, -0.2) is 42.7 Å². The van der Waals surface area contributed by atoms with Crippen LogP contribution in [0.3, 0.4) is 0 Å². The number of rotatable bonds is 8. The van der Waals surface area contributed by atoms with Crippen molar-refractivity contribution in [1.29, 1.82) is 0 Å². The number of amides is 1. The van der Waals surface area contributed by atoms with Crippen molar-refractivity contribution in [2.24, 2.45) is 5.73 Å². The van der Waals surface area contributed by atoms with Crippen LogP contribution < -0.4 is 11.1 Å². The number of carbonyl (C=O) groups excluding carboxylic acids is 1. The lowest BCUT2D eigenvalue weighted by Crippen LogP contribution is -2.38. The van der Waals surface area contributed by atoms with Gasteiger partial charge in [-0.1, -0.05) is 0 Å². The molecular formula is C11H24N2O2S. The van der Waals surface area contributed by atoms with E-state index >= 15 is 0 Å². The molecule has 0 radical (unpaired) electrons. The smallest absolute Gasteiger partial charge is 0.232 e. The second kappa shape index (κ2) is 7.92. The van der Waals surface area contributed by atoms with Gasteiger partial charge in [0.25, 0.3) is 0 Å². The first-order valence-electron chi connectivity index (χ1n) is 5.54. The van der Waals surface area contributed by atoms with Gasteiger partial charge in [-0.25, -0.2) is 0 Å². The van der Waals surface area contributed by atoms with Crippen LogP contribution in [0.1, 0.15) is 27.2 Å². The molecule has 1 unspecified atom stereocenters. The van der Waals surface area contributed by atoms with Crippen LogP contribution in [0.2, 0.25) is 0 Å². The number of nitrogens with one attached hydrogen (secondary N) is 1. The largest absolute Gasteiger partial charge is 0.385 e. The molecule has 0 spiro atoms. The zero-order chi connectivity index (χ0) is 12.6. The van der Waals surface area contributed by atoms with Crippen molar-refractivity contribution in [3.63, 3.8) is 0 Å². The Kier molecular flexibility index (Phi) is 7.80. The fourth-order valence-electron chi connectivity index (χ4n) is 0.987. The summed E-state index contributed by atoms with van der Waals surface area (Å²) in [5.41, 5.74) is 5.63. The van der Waals surface area contributed by atoms with Gasteiger partial charge in [0.05, 0.1) is 5.25 Å². The topological polar surface area (TPSA) is 64.3 Å². The third kappa shape index (κ3) is 9.00. The van der Waals surface area contributed by atoms with E-state index in [9.17, 15) is 4.79 Å². The summed E-state index contributed by atoms with van der Waals surface area (Å²) < 4.78 is 4.90. The minimum atomic E-state index is -0.227. The van der Waals surface area contributed by atoms with Gasteiger partial charge < -0.3 is 15.8 Å². The van der Waals surface area contributed by atoms with Gasteiger partial charge in [-0.3, -0.25) is 4.79 Å². The van der Waals surface area contributed by atoms with Crippen LogP contribution in [-0.2, 0) is 9.53 Å². The SMILES string of the molecule is COCCCNC(=O)C(C)SCC(C)(C)N. The average molecular weight is 248 g/mol. The monoisotopic (exact) mass is 248 g/mol. The van der Waals surface area contributed by atoms with E-state index in [1.165, 1.54) is 0 Å². The van der Waals surface area contributed by atoms with Gasteiger partial charge in [0, 0.05) is 31.6 Å². The van der Waals surface area contributed by atoms with Crippen molar-refractivity contribution in [2.75, 3.05) is 26.0 Å². The predicted molar refractivity (Wildman–Crippen MR) is 69.7 cm³/mol. The van der Waals surface area contributed by atoms with E-state index < -0.39 is 0 Å². The molecular weight excluding hydrogens is 224 g/mol. The van der Waals surface area contributed by atoms with Gasteiger partial charge in [0.2, 0.25) is 5.91 Å². The summed E-state index contributed by atoms with van der Waals surface area (Å²) in [4.78, 5) is 11.6. The summed E-state index contributed by atoms with van der Waals surface area (Å²) in [5.74, 6) is 0.852. The van der Waals surface area contributed by atoms with Crippen LogP contribution in [0.15, 0.2) is 0 Å². The zero-order valence-electron chi connectivity index (χ0n) is 10.7. The molecule has 0 saturated carbocycles. The second-order valence-corrected chi connectivity index (χ2v) is 5.91. The molecule has 0 heterocycles. The highest BCUT2D eigenvalue weighted by Crippen LogP contribution is 2.15. The van der Waals surface area contributed by atoms with Crippen LogP contribution in [0.5, 0.6) is 0 Å². The Hall–Kier alpha value is -0.260. The number of hydrogen-bond donors (Lipinski definition) is 2. The highest BCUT2D eigenvalue weighted by atomic mass is 32.2. The number of methoxy groups -OCH3 is 1. The molecule has 0 aliphatic heterocycles. The number of nitrogens with two attached hydrogens (primary N) is 1. The minimum Gasteiger partial charge on any atom is -0.385 e. The Balaban J connectivity index is 3.65. The van der Waals surface area contributed by atoms with E-state index in [2.05, 4.69) is 5.32 Å². The lowest BCUT2D eigenvalue weighted by molar-refractivity contribution is -0.120. The average Bonchev–Trinajstić information content (AvgIpc) is 2.19. The summed E-state index contributed by atoms with van der Waals surface area (Å²) in [6, 6.07) is 0. The normalized spacial score (nSPS) is 13.6. The third-order valence-corrected chi connectivity index (χ3v) is 3.52. The summed E-state index contributed by atoms with van der Waals surface area (Å²) in [6.45, 7) is 7.18. The van der Waals surface area contributed by atoms with Crippen molar-refractivity contribution in [3.8, 4) is 0 Å². The molecule has 0 aliphatic carbocycles. The number of thioether (sulfide) groups is 1. The molecule has 0 bridgehead atoms. The highest BCUT2D eigenvalue weighted by molar-refractivity contribution is 8.00. The van der Waals surface area contributed by atoms with Crippen LogP contribution in [0, 0.1) is 0 Å². The Labute approximate surface area is 103 Å². The summed E-state index contributed by atoms with van der Waals surface area (Å²) >= 11 is 1.59. The van der Waals surface area contributed by atoms with Crippen molar-refractivity contribution in [1.82, 2.24) is 5.32 Å². The minimum absolute atomic E-state index is 0.0506. The van der Waals surface area contributed by atoms with E-state index in [1.807, 2.05) is 20.8 Å².